The van der Waals surface area contributed by atoms with E-state index in [0.717, 1.165) is 0 Å². The number of hydrogen-bond acceptors (Lipinski definition) is 8. The Morgan fingerprint density at radius 2 is 2.18 bits per heavy atom. The van der Waals surface area contributed by atoms with Crippen LogP contribution >= 0.6 is 0 Å². The highest BCUT2D eigenvalue weighted by Crippen LogP contribution is 2.24. The molecule has 0 spiro atoms. The summed E-state index contributed by atoms with van der Waals surface area (Å²) in [5, 5.41) is 33.9. The molecule has 2 rings (SSSR count). The van der Waals surface area contributed by atoms with Crippen molar-refractivity contribution in [2.45, 2.75) is 31.6 Å². The first-order valence-electron chi connectivity index (χ1n) is 5.18. The SMILES string of the molecule is CC(O)C(O)c1cnc2c(n1)NC(N)N[C@H]2O. The number of hydrogen-bond donors (Lipinski definition) is 6. The van der Waals surface area contributed by atoms with E-state index in [0.29, 0.717) is 11.5 Å². The smallest absolute Gasteiger partial charge is 0.154 e. The van der Waals surface area contributed by atoms with Crippen LogP contribution in [0.5, 0.6) is 0 Å². The quantitative estimate of drug-likeness (QED) is 0.354. The summed E-state index contributed by atoms with van der Waals surface area (Å²) in [7, 11) is 0. The lowest BCUT2D eigenvalue weighted by molar-refractivity contribution is 0.0274. The van der Waals surface area contributed by atoms with Crippen LogP contribution in [-0.4, -0.2) is 37.7 Å². The zero-order chi connectivity index (χ0) is 12.6. The molecule has 4 atom stereocenters. The van der Waals surface area contributed by atoms with Crippen LogP contribution in [-0.2, 0) is 0 Å². The van der Waals surface area contributed by atoms with E-state index in [1.807, 2.05) is 0 Å². The minimum atomic E-state index is -1.13. The molecule has 0 aromatic carbocycles. The Bertz CT molecular complexity index is 414. The molecule has 94 valence electrons. The molecule has 7 N–H and O–H groups in total. The maximum absolute atomic E-state index is 9.64. The fraction of sp³-hybridized carbons (Fsp3) is 0.556. The number of aliphatic hydroxyl groups excluding tert-OH is 3. The highest BCUT2D eigenvalue weighted by atomic mass is 16.3. The van der Waals surface area contributed by atoms with E-state index < -0.39 is 24.7 Å². The molecule has 0 fully saturated rings. The first kappa shape index (κ1) is 12.1. The first-order valence-corrected chi connectivity index (χ1v) is 5.18. The normalized spacial score (nSPS) is 26.9. The zero-order valence-corrected chi connectivity index (χ0v) is 9.20. The van der Waals surface area contributed by atoms with E-state index in [1.165, 1.54) is 13.1 Å². The number of nitrogens with two attached hydrogens (primary N) is 1. The molecule has 0 aliphatic carbocycles. The molecule has 1 aliphatic heterocycles. The van der Waals surface area contributed by atoms with Crippen LogP contribution in [0.25, 0.3) is 0 Å². The number of nitrogens with zero attached hydrogens (tertiary/aromatic N) is 2. The molecule has 0 saturated heterocycles. The van der Waals surface area contributed by atoms with Crippen LogP contribution in [0.1, 0.15) is 30.6 Å². The molecule has 0 bridgehead atoms. The fourth-order valence-corrected chi connectivity index (χ4v) is 1.55. The second-order valence-electron chi connectivity index (χ2n) is 3.91. The Kier molecular flexibility index (Phi) is 3.22. The maximum atomic E-state index is 9.64. The topological polar surface area (TPSA) is 137 Å². The Labute approximate surface area is 97.5 Å². The van der Waals surface area contributed by atoms with Crippen molar-refractivity contribution in [2.24, 2.45) is 5.73 Å². The van der Waals surface area contributed by atoms with E-state index in [1.54, 1.807) is 0 Å². The molecule has 0 saturated carbocycles. The van der Waals surface area contributed by atoms with Gasteiger partial charge in [0, 0.05) is 0 Å². The second-order valence-corrected chi connectivity index (χ2v) is 3.91. The Morgan fingerprint density at radius 3 is 2.82 bits per heavy atom. The number of nitrogens with one attached hydrogen (secondary N) is 2. The van der Waals surface area contributed by atoms with Gasteiger partial charge in [0.1, 0.15) is 18.1 Å². The van der Waals surface area contributed by atoms with E-state index in [2.05, 4.69) is 20.6 Å². The van der Waals surface area contributed by atoms with Crippen LogP contribution in [0.4, 0.5) is 5.82 Å². The third-order valence-electron chi connectivity index (χ3n) is 2.47. The number of aromatic nitrogens is 2. The summed E-state index contributed by atoms with van der Waals surface area (Å²) in [6, 6.07) is 0. The van der Waals surface area contributed by atoms with Gasteiger partial charge >= 0.3 is 0 Å². The third kappa shape index (κ3) is 2.35. The first-order chi connectivity index (χ1) is 7.99. The van der Waals surface area contributed by atoms with Gasteiger partial charge in [-0.05, 0) is 6.92 Å². The number of anilines is 1. The molecule has 8 nitrogen and oxygen atoms in total. The minimum absolute atomic E-state index is 0.215. The highest BCUT2D eigenvalue weighted by Gasteiger charge is 2.26. The molecule has 0 radical (unpaired) electrons. The van der Waals surface area contributed by atoms with Gasteiger partial charge in [0.2, 0.25) is 0 Å². The standard InChI is InChI=1S/C9H15N5O3/c1-3(15)6(16)4-2-11-5-7(12-4)13-9(10)14-8(5)17/h2-3,6,8-9,14-17H,10H2,1H3,(H,12,13)/t3?,6?,8-,9?/m0/s1. The molecule has 2 heterocycles. The number of rotatable bonds is 2. The third-order valence-corrected chi connectivity index (χ3v) is 2.47. The molecule has 1 aromatic heterocycles. The highest BCUT2D eigenvalue weighted by molar-refractivity contribution is 5.44. The monoisotopic (exact) mass is 241 g/mol. The van der Waals surface area contributed by atoms with Crippen molar-refractivity contribution < 1.29 is 15.3 Å². The van der Waals surface area contributed by atoms with Crippen molar-refractivity contribution in [3.63, 3.8) is 0 Å². The fourth-order valence-electron chi connectivity index (χ4n) is 1.55. The van der Waals surface area contributed by atoms with Crippen LogP contribution < -0.4 is 16.4 Å². The van der Waals surface area contributed by atoms with Gasteiger partial charge in [0.25, 0.3) is 0 Å². The molecule has 1 aliphatic rings. The van der Waals surface area contributed by atoms with E-state index in [-0.39, 0.29) is 5.69 Å². The van der Waals surface area contributed by atoms with Gasteiger partial charge in [-0.15, -0.1) is 0 Å². The summed E-state index contributed by atoms with van der Waals surface area (Å²) in [4.78, 5) is 8.05. The minimum Gasteiger partial charge on any atom is -0.390 e. The van der Waals surface area contributed by atoms with Crippen molar-refractivity contribution in [1.82, 2.24) is 15.3 Å². The van der Waals surface area contributed by atoms with Gasteiger partial charge < -0.3 is 20.6 Å². The zero-order valence-electron chi connectivity index (χ0n) is 9.20. The van der Waals surface area contributed by atoms with E-state index in [4.69, 9.17) is 5.73 Å². The Morgan fingerprint density at radius 1 is 1.47 bits per heavy atom. The number of aliphatic hydroxyl groups is 3. The van der Waals surface area contributed by atoms with Crippen LogP contribution in [0.3, 0.4) is 0 Å². The Hall–Kier alpha value is -1.32. The molecular formula is C9H15N5O3. The van der Waals surface area contributed by atoms with Gasteiger partial charge in [0.15, 0.2) is 12.0 Å². The van der Waals surface area contributed by atoms with Gasteiger partial charge in [-0.3, -0.25) is 16.0 Å². The largest absolute Gasteiger partial charge is 0.390 e. The van der Waals surface area contributed by atoms with E-state index >= 15 is 0 Å². The van der Waals surface area contributed by atoms with Crippen LogP contribution in [0.15, 0.2) is 6.20 Å². The predicted molar refractivity (Wildman–Crippen MR) is 58.4 cm³/mol. The second kappa shape index (κ2) is 4.51. The lowest BCUT2D eigenvalue weighted by Crippen LogP contribution is -2.50. The van der Waals surface area contributed by atoms with E-state index in [9.17, 15) is 15.3 Å². The van der Waals surface area contributed by atoms with Gasteiger partial charge in [-0.2, -0.15) is 0 Å². The van der Waals surface area contributed by atoms with Gasteiger partial charge in [-0.25, -0.2) is 4.98 Å². The van der Waals surface area contributed by atoms with Crippen molar-refractivity contribution in [2.75, 3.05) is 5.32 Å². The van der Waals surface area contributed by atoms with Gasteiger partial charge in [0.05, 0.1) is 18.0 Å². The molecule has 3 unspecified atom stereocenters. The number of fused-ring (bicyclic) bond motifs is 1. The Balaban J connectivity index is 2.33. The molecule has 1 aromatic rings. The maximum Gasteiger partial charge on any atom is 0.154 e. The molecule has 8 heteroatoms. The summed E-state index contributed by atoms with van der Waals surface area (Å²) in [6.07, 6.45) is -2.43. The lowest BCUT2D eigenvalue weighted by atomic mass is 10.1. The van der Waals surface area contributed by atoms with Crippen molar-refractivity contribution >= 4 is 5.82 Å². The van der Waals surface area contributed by atoms with Gasteiger partial charge in [-0.1, -0.05) is 0 Å². The predicted octanol–water partition coefficient (Wildman–Crippen LogP) is -1.86. The van der Waals surface area contributed by atoms with Crippen molar-refractivity contribution in [1.29, 1.82) is 0 Å². The van der Waals surface area contributed by atoms with Crippen molar-refractivity contribution in [3.8, 4) is 0 Å². The molecular weight excluding hydrogens is 226 g/mol. The van der Waals surface area contributed by atoms with Crippen LogP contribution in [0, 0.1) is 0 Å². The molecule has 0 amide bonds. The lowest BCUT2D eigenvalue weighted by Gasteiger charge is -2.28. The summed E-state index contributed by atoms with van der Waals surface area (Å²) < 4.78 is 0. The average Bonchev–Trinajstić information content (AvgIpc) is 2.26. The average molecular weight is 241 g/mol. The summed E-state index contributed by atoms with van der Waals surface area (Å²) in [5.74, 6) is 0.293. The molecule has 17 heavy (non-hydrogen) atoms. The summed E-state index contributed by atoms with van der Waals surface area (Å²) in [5.41, 5.74) is 6.08. The van der Waals surface area contributed by atoms with Crippen LogP contribution in [0.2, 0.25) is 0 Å². The summed E-state index contributed by atoms with van der Waals surface area (Å²) >= 11 is 0. The van der Waals surface area contributed by atoms with Crippen molar-refractivity contribution in [3.05, 3.63) is 17.6 Å². The summed E-state index contributed by atoms with van der Waals surface area (Å²) in [6.45, 7) is 1.45.